The van der Waals surface area contributed by atoms with Gasteiger partial charge in [0.2, 0.25) is 0 Å². The summed E-state index contributed by atoms with van der Waals surface area (Å²) in [7, 11) is 0. The minimum atomic E-state index is -0.784. The normalized spacial score (nSPS) is 21.6. The van der Waals surface area contributed by atoms with E-state index in [-0.39, 0.29) is 17.6 Å². The number of carbonyl (C=O) groups excluding carboxylic acids is 1. The fourth-order valence-corrected chi connectivity index (χ4v) is 2.88. The molecule has 5 nitrogen and oxygen atoms in total. The minimum Gasteiger partial charge on any atom is -0.481 e. The topological polar surface area (TPSA) is 78.4 Å². The van der Waals surface area contributed by atoms with E-state index in [1.54, 1.807) is 6.07 Å². The Morgan fingerprint density at radius 1 is 1.24 bits per heavy atom. The van der Waals surface area contributed by atoms with Crippen molar-refractivity contribution in [3.8, 4) is 0 Å². The van der Waals surface area contributed by atoms with Gasteiger partial charge < -0.3 is 15.7 Å². The Labute approximate surface area is 130 Å². The summed E-state index contributed by atoms with van der Waals surface area (Å²) in [6.07, 6.45) is 2.32. The van der Waals surface area contributed by atoms with Crippen LogP contribution in [0.25, 0.3) is 0 Å². The molecule has 1 saturated carbocycles. The molecule has 1 aliphatic carbocycles. The molecular formula is C14H16BrFN2O3. The summed E-state index contributed by atoms with van der Waals surface area (Å²) in [6, 6.07) is 3.87. The quantitative estimate of drug-likeness (QED) is 0.775. The lowest BCUT2D eigenvalue weighted by atomic mass is 9.86. The molecule has 1 aliphatic rings. The molecule has 0 unspecified atom stereocenters. The van der Waals surface area contributed by atoms with Gasteiger partial charge in [0.15, 0.2) is 0 Å². The number of urea groups is 1. The molecule has 0 heterocycles. The van der Waals surface area contributed by atoms with E-state index in [4.69, 9.17) is 5.11 Å². The predicted molar refractivity (Wildman–Crippen MR) is 79.6 cm³/mol. The third-order valence-electron chi connectivity index (χ3n) is 3.61. The summed E-state index contributed by atoms with van der Waals surface area (Å²) in [5, 5.41) is 14.1. The lowest BCUT2D eigenvalue weighted by Gasteiger charge is -2.26. The van der Waals surface area contributed by atoms with Crippen molar-refractivity contribution in [3.63, 3.8) is 0 Å². The molecule has 2 rings (SSSR count). The van der Waals surface area contributed by atoms with Crippen LogP contribution < -0.4 is 10.6 Å². The molecular weight excluding hydrogens is 343 g/mol. The van der Waals surface area contributed by atoms with Crippen LogP contribution in [0.5, 0.6) is 0 Å². The van der Waals surface area contributed by atoms with Gasteiger partial charge in [-0.3, -0.25) is 4.79 Å². The Balaban J connectivity index is 1.87. The number of hydrogen-bond donors (Lipinski definition) is 3. The van der Waals surface area contributed by atoms with Crippen LogP contribution in [-0.2, 0) is 4.79 Å². The van der Waals surface area contributed by atoms with Crippen LogP contribution in [0.15, 0.2) is 22.7 Å². The van der Waals surface area contributed by atoms with Gasteiger partial charge in [-0.1, -0.05) is 6.07 Å². The summed E-state index contributed by atoms with van der Waals surface area (Å²) in [4.78, 5) is 22.7. The van der Waals surface area contributed by atoms with Gasteiger partial charge in [-0.25, -0.2) is 9.18 Å². The van der Waals surface area contributed by atoms with Crippen LogP contribution in [0, 0.1) is 11.7 Å². The van der Waals surface area contributed by atoms with E-state index in [0.29, 0.717) is 30.2 Å². The maximum absolute atomic E-state index is 13.6. The highest BCUT2D eigenvalue weighted by atomic mass is 79.9. The van der Waals surface area contributed by atoms with Gasteiger partial charge in [-0.2, -0.15) is 0 Å². The Bertz CT molecular complexity index is 525. The number of aliphatic carboxylic acids is 1. The highest BCUT2D eigenvalue weighted by molar-refractivity contribution is 9.10. The summed E-state index contributed by atoms with van der Waals surface area (Å²) >= 11 is 3.18. The van der Waals surface area contributed by atoms with E-state index < -0.39 is 17.8 Å². The van der Waals surface area contributed by atoms with Crippen molar-refractivity contribution in [2.75, 3.05) is 5.32 Å². The number of anilines is 1. The number of nitrogens with one attached hydrogen (secondary N) is 2. The molecule has 0 bridgehead atoms. The number of rotatable bonds is 3. The third-order valence-corrected chi connectivity index (χ3v) is 4.27. The maximum atomic E-state index is 13.6. The standard InChI is InChI=1S/C14H16BrFN2O3/c15-10-2-1-3-11(16)12(10)18-14(21)17-9-6-4-8(5-7-9)13(19)20/h1-3,8-9H,4-7H2,(H,19,20)(H2,17,18,21). The van der Waals surface area contributed by atoms with Crippen molar-refractivity contribution in [3.05, 3.63) is 28.5 Å². The first-order valence-corrected chi connectivity index (χ1v) is 7.51. The molecule has 114 valence electrons. The number of hydrogen-bond acceptors (Lipinski definition) is 2. The number of carbonyl (C=O) groups is 2. The first kappa shape index (κ1) is 15.8. The molecule has 1 fully saturated rings. The Hall–Kier alpha value is -1.63. The second-order valence-electron chi connectivity index (χ2n) is 5.08. The molecule has 3 N–H and O–H groups in total. The smallest absolute Gasteiger partial charge is 0.319 e. The molecule has 0 saturated heterocycles. The molecule has 1 aromatic carbocycles. The zero-order valence-corrected chi connectivity index (χ0v) is 12.8. The van der Waals surface area contributed by atoms with Crippen molar-refractivity contribution in [2.45, 2.75) is 31.7 Å². The average Bonchev–Trinajstić information content (AvgIpc) is 2.43. The zero-order chi connectivity index (χ0) is 15.4. The molecule has 7 heteroatoms. The molecule has 0 aromatic heterocycles. The molecule has 0 spiro atoms. The van der Waals surface area contributed by atoms with E-state index in [9.17, 15) is 14.0 Å². The van der Waals surface area contributed by atoms with Gasteiger partial charge in [0.1, 0.15) is 5.82 Å². The maximum Gasteiger partial charge on any atom is 0.319 e. The van der Waals surface area contributed by atoms with Crippen molar-refractivity contribution in [2.24, 2.45) is 5.92 Å². The van der Waals surface area contributed by atoms with Crippen molar-refractivity contribution in [1.29, 1.82) is 0 Å². The summed E-state index contributed by atoms with van der Waals surface area (Å²) < 4.78 is 14.1. The van der Waals surface area contributed by atoms with Gasteiger partial charge in [0.05, 0.1) is 11.6 Å². The summed E-state index contributed by atoms with van der Waals surface area (Å²) in [6.45, 7) is 0. The van der Waals surface area contributed by atoms with Gasteiger partial charge in [-0.15, -0.1) is 0 Å². The van der Waals surface area contributed by atoms with Gasteiger partial charge in [0.25, 0.3) is 0 Å². The van der Waals surface area contributed by atoms with Crippen LogP contribution in [0.4, 0.5) is 14.9 Å². The van der Waals surface area contributed by atoms with Crippen LogP contribution in [0.1, 0.15) is 25.7 Å². The van der Waals surface area contributed by atoms with Crippen LogP contribution in [0.2, 0.25) is 0 Å². The van der Waals surface area contributed by atoms with Crippen LogP contribution >= 0.6 is 15.9 Å². The Morgan fingerprint density at radius 2 is 1.90 bits per heavy atom. The molecule has 0 atom stereocenters. The van der Waals surface area contributed by atoms with Crippen LogP contribution in [-0.4, -0.2) is 23.1 Å². The highest BCUT2D eigenvalue weighted by Crippen LogP contribution is 2.26. The zero-order valence-electron chi connectivity index (χ0n) is 11.2. The fourth-order valence-electron chi connectivity index (χ4n) is 2.44. The predicted octanol–water partition coefficient (Wildman–Crippen LogP) is 3.35. The molecule has 0 aliphatic heterocycles. The molecule has 0 radical (unpaired) electrons. The van der Waals surface area contributed by atoms with E-state index in [2.05, 4.69) is 26.6 Å². The molecule has 21 heavy (non-hydrogen) atoms. The van der Waals surface area contributed by atoms with Crippen LogP contribution in [0.3, 0.4) is 0 Å². The molecule has 1 aromatic rings. The second kappa shape index (κ2) is 6.89. The number of carboxylic acids is 1. The fraction of sp³-hybridized carbons (Fsp3) is 0.429. The van der Waals surface area contributed by atoms with Gasteiger partial charge in [0, 0.05) is 10.5 Å². The van der Waals surface area contributed by atoms with Crippen molar-refractivity contribution >= 4 is 33.6 Å². The number of amides is 2. The number of carboxylic acid groups (broad SMARTS) is 1. The third kappa shape index (κ3) is 4.17. The largest absolute Gasteiger partial charge is 0.481 e. The average molecular weight is 359 g/mol. The first-order valence-electron chi connectivity index (χ1n) is 6.71. The minimum absolute atomic E-state index is 0.0776. The number of halogens is 2. The Kier molecular flexibility index (Phi) is 5.17. The van der Waals surface area contributed by atoms with Gasteiger partial charge in [-0.05, 0) is 53.7 Å². The van der Waals surface area contributed by atoms with E-state index in [1.165, 1.54) is 12.1 Å². The van der Waals surface area contributed by atoms with E-state index in [1.807, 2.05) is 0 Å². The van der Waals surface area contributed by atoms with Crippen molar-refractivity contribution < 1.29 is 19.1 Å². The summed E-state index contributed by atoms with van der Waals surface area (Å²) in [5.74, 6) is -1.63. The van der Waals surface area contributed by atoms with Crippen molar-refractivity contribution in [1.82, 2.24) is 5.32 Å². The van der Waals surface area contributed by atoms with E-state index >= 15 is 0 Å². The first-order chi connectivity index (χ1) is 9.97. The van der Waals surface area contributed by atoms with Gasteiger partial charge >= 0.3 is 12.0 Å². The SMILES string of the molecule is O=C(Nc1c(F)cccc1Br)NC1CCC(C(=O)O)CC1. The van der Waals surface area contributed by atoms with E-state index in [0.717, 1.165) is 0 Å². The lowest BCUT2D eigenvalue weighted by molar-refractivity contribution is -0.142. The Morgan fingerprint density at radius 3 is 2.48 bits per heavy atom. The lowest BCUT2D eigenvalue weighted by Crippen LogP contribution is -2.41. The monoisotopic (exact) mass is 358 g/mol. The number of para-hydroxylation sites is 1. The molecule has 2 amide bonds. The highest BCUT2D eigenvalue weighted by Gasteiger charge is 2.26. The summed E-state index contributed by atoms with van der Waals surface area (Å²) in [5.41, 5.74) is 0.0919. The second-order valence-corrected chi connectivity index (χ2v) is 5.94. The number of benzene rings is 1.